The number of fused-ring (bicyclic) bond motifs is 1. The van der Waals surface area contributed by atoms with Crippen molar-refractivity contribution < 1.29 is 13.9 Å². The molecule has 4 nitrogen and oxygen atoms in total. The van der Waals surface area contributed by atoms with Crippen molar-refractivity contribution in [2.45, 2.75) is 13.1 Å². The Labute approximate surface area is 158 Å². The zero-order valence-electron chi connectivity index (χ0n) is 15.5. The fraction of sp³-hybridized carbons (Fsp3) is 0.227. The monoisotopic (exact) mass is 366 g/mol. The SMILES string of the molecule is COc1ccc2cc(CN(C)CC(=O)NCc3ccc(F)cc3)ccc2c1. The lowest BCUT2D eigenvalue weighted by Crippen LogP contribution is -2.34. The molecule has 0 saturated carbocycles. The highest BCUT2D eigenvalue weighted by Crippen LogP contribution is 2.22. The molecule has 0 fully saturated rings. The minimum absolute atomic E-state index is 0.0626. The summed E-state index contributed by atoms with van der Waals surface area (Å²) in [5, 5.41) is 5.12. The summed E-state index contributed by atoms with van der Waals surface area (Å²) in [5.74, 6) is 0.496. The van der Waals surface area contributed by atoms with Crippen molar-refractivity contribution in [2.24, 2.45) is 0 Å². The molecule has 0 bridgehead atoms. The summed E-state index contributed by atoms with van der Waals surface area (Å²) in [5.41, 5.74) is 2.01. The van der Waals surface area contributed by atoms with Crippen LogP contribution in [-0.2, 0) is 17.9 Å². The van der Waals surface area contributed by atoms with E-state index in [-0.39, 0.29) is 11.7 Å². The number of ether oxygens (including phenoxy) is 1. The Bertz CT molecular complexity index is 925. The standard InChI is InChI=1S/C22H23FN2O2/c1-25(15-22(26)24-13-16-4-8-20(23)9-5-16)14-17-3-6-19-12-21(27-2)10-7-18(19)11-17/h3-12H,13-15H2,1-2H3,(H,24,26). The zero-order chi connectivity index (χ0) is 19.2. The molecule has 3 aromatic rings. The van der Waals surface area contributed by atoms with Gasteiger partial charge in [0.1, 0.15) is 11.6 Å². The normalized spacial score (nSPS) is 11.0. The minimum atomic E-state index is -0.279. The quantitative estimate of drug-likeness (QED) is 0.693. The maximum atomic E-state index is 12.9. The molecular weight excluding hydrogens is 343 g/mol. The van der Waals surface area contributed by atoms with Gasteiger partial charge in [0.05, 0.1) is 13.7 Å². The summed E-state index contributed by atoms with van der Waals surface area (Å²) in [7, 11) is 3.57. The minimum Gasteiger partial charge on any atom is -0.497 e. The largest absolute Gasteiger partial charge is 0.497 e. The Balaban J connectivity index is 1.53. The number of hydrogen-bond donors (Lipinski definition) is 1. The number of methoxy groups -OCH3 is 1. The van der Waals surface area contributed by atoms with Crippen molar-refractivity contribution in [2.75, 3.05) is 20.7 Å². The number of carbonyl (C=O) groups is 1. The molecule has 27 heavy (non-hydrogen) atoms. The van der Waals surface area contributed by atoms with Crippen molar-refractivity contribution in [1.82, 2.24) is 10.2 Å². The number of likely N-dealkylation sites (N-methyl/N-ethyl adjacent to an activating group) is 1. The van der Waals surface area contributed by atoms with E-state index in [4.69, 9.17) is 4.74 Å². The smallest absolute Gasteiger partial charge is 0.234 e. The van der Waals surface area contributed by atoms with Gasteiger partial charge >= 0.3 is 0 Å². The van der Waals surface area contributed by atoms with Gasteiger partial charge in [0.15, 0.2) is 0 Å². The molecule has 1 amide bonds. The van der Waals surface area contributed by atoms with Crippen molar-refractivity contribution >= 4 is 16.7 Å². The Hall–Kier alpha value is -2.92. The lowest BCUT2D eigenvalue weighted by atomic mass is 10.1. The maximum absolute atomic E-state index is 12.9. The lowest BCUT2D eigenvalue weighted by molar-refractivity contribution is -0.122. The molecule has 0 heterocycles. The second kappa shape index (κ2) is 8.64. The fourth-order valence-electron chi connectivity index (χ4n) is 2.97. The molecule has 140 valence electrons. The van der Waals surface area contributed by atoms with Crippen LogP contribution in [0.3, 0.4) is 0 Å². The maximum Gasteiger partial charge on any atom is 0.234 e. The van der Waals surface area contributed by atoms with Crippen LogP contribution in [0.15, 0.2) is 60.7 Å². The molecule has 3 aromatic carbocycles. The van der Waals surface area contributed by atoms with Gasteiger partial charge in [0, 0.05) is 13.1 Å². The molecule has 0 aliphatic heterocycles. The summed E-state index contributed by atoms with van der Waals surface area (Å²) < 4.78 is 18.2. The summed E-state index contributed by atoms with van der Waals surface area (Å²) in [6.07, 6.45) is 0. The highest BCUT2D eigenvalue weighted by molar-refractivity contribution is 5.84. The van der Waals surface area contributed by atoms with E-state index in [9.17, 15) is 9.18 Å². The van der Waals surface area contributed by atoms with E-state index in [0.717, 1.165) is 27.6 Å². The number of carbonyl (C=O) groups excluding carboxylic acids is 1. The van der Waals surface area contributed by atoms with E-state index in [1.807, 2.05) is 30.1 Å². The van der Waals surface area contributed by atoms with Gasteiger partial charge in [-0.3, -0.25) is 9.69 Å². The van der Waals surface area contributed by atoms with Crippen LogP contribution in [0.1, 0.15) is 11.1 Å². The predicted octanol–water partition coefficient (Wildman–Crippen LogP) is 3.74. The third-order valence-corrected chi connectivity index (χ3v) is 4.38. The zero-order valence-corrected chi connectivity index (χ0v) is 15.5. The average molecular weight is 366 g/mol. The number of rotatable bonds is 7. The summed E-state index contributed by atoms with van der Waals surface area (Å²) in [6, 6.07) is 18.4. The molecule has 5 heteroatoms. The van der Waals surface area contributed by atoms with Crippen LogP contribution in [-0.4, -0.2) is 31.5 Å². The third kappa shape index (κ3) is 5.28. The second-order valence-corrected chi connectivity index (χ2v) is 6.62. The van der Waals surface area contributed by atoms with Crippen molar-refractivity contribution in [3.63, 3.8) is 0 Å². The number of nitrogens with zero attached hydrogens (tertiary/aromatic N) is 1. The Morgan fingerprint density at radius 3 is 2.41 bits per heavy atom. The number of benzene rings is 3. The molecule has 3 rings (SSSR count). The highest BCUT2D eigenvalue weighted by Gasteiger charge is 2.08. The molecule has 0 aromatic heterocycles. The molecule has 0 spiro atoms. The predicted molar refractivity (Wildman–Crippen MR) is 105 cm³/mol. The first-order valence-corrected chi connectivity index (χ1v) is 8.80. The number of amides is 1. The van der Waals surface area contributed by atoms with Crippen molar-refractivity contribution in [3.8, 4) is 5.75 Å². The molecule has 1 N–H and O–H groups in total. The lowest BCUT2D eigenvalue weighted by Gasteiger charge is -2.17. The Morgan fingerprint density at radius 2 is 1.67 bits per heavy atom. The summed E-state index contributed by atoms with van der Waals surface area (Å²) in [4.78, 5) is 14.1. The molecule has 0 aliphatic rings. The van der Waals surface area contributed by atoms with E-state index in [0.29, 0.717) is 19.6 Å². The van der Waals surface area contributed by atoms with E-state index < -0.39 is 0 Å². The summed E-state index contributed by atoms with van der Waals surface area (Å²) >= 11 is 0. The van der Waals surface area contributed by atoms with Crippen molar-refractivity contribution in [3.05, 3.63) is 77.6 Å². The van der Waals surface area contributed by atoms with Crippen LogP contribution in [0.2, 0.25) is 0 Å². The van der Waals surface area contributed by atoms with E-state index >= 15 is 0 Å². The van der Waals surface area contributed by atoms with Gasteiger partial charge in [0.2, 0.25) is 5.91 Å². The molecule has 0 aliphatic carbocycles. The Kier molecular flexibility index (Phi) is 6.04. The first-order chi connectivity index (χ1) is 13.0. The van der Waals surface area contributed by atoms with Gasteiger partial charge in [-0.2, -0.15) is 0 Å². The van der Waals surface area contributed by atoms with Gasteiger partial charge in [-0.05, 0) is 59.3 Å². The van der Waals surface area contributed by atoms with Gasteiger partial charge in [-0.15, -0.1) is 0 Å². The first-order valence-electron chi connectivity index (χ1n) is 8.80. The van der Waals surface area contributed by atoms with E-state index in [1.165, 1.54) is 12.1 Å². The first kappa shape index (κ1) is 18.9. The number of nitrogens with one attached hydrogen (secondary N) is 1. The van der Waals surface area contributed by atoms with Crippen LogP contribution in [0.4, 0.5) is 4.39 Å². The van der Waals surface area contributed by atoms with Crippen LogP contribution in [0, 0.1) is 5.82 Å². The second-order valence-electron chi connectivity index (χ2n) is 6.62. The number of hydrogen-bond acceptors (Lipinski definition) is 3. The molecule has 0 radical (unpaired) electrons. The molecule has 0 saturated heterocycles. The van der Waals surface area contributed by atoms with Crippen molar-refractivity contribution in [1.29, 1.82) is 0 Å². The topological polar surface area (TPSA) is 41.6 Å². The van der Waals surface area contributed by atoms with Gasteiger partial charge < -0.3 is 10.1 Å². The fourth-order valence-corrected chi connectivity index (χ4v) is 2.97. The van der Waals surface area contributed by atoms with Crippen LogP contribution < -0.4 is 10.1 Å². The molecule has 0 atom stereocenters. The van der Waals surface area contributed by atoms with Crippen LogP contribution in [0.5, 0.6) is 5.75 Å². The third-order valence-electron chi connectivity index (χ3n) is 4.38. The average Bonchev–Trinajstić information content (AvgIpc) is 2.67. The van der Waals surface area contributed by atoms with E-state index in [1.54, 1.807) is 19.2 Å². The highest BCUT2D eigenvalue weighted by atomic mass is 19.1. The summed E-state index contributed by atoms with van der Waals surface area (Å²) in [6.45, 7) is 1.36. The van der Waals surface area contributed by atoms with Crippen LogP contribution >= 0.6 is 0 Å². The molecule has 0 unspecified atom stereocenters. The number of halogens is 1. The molecular formula is C22H23FN2O2. The van der Waals surface area contributed by atoms with Gasteiger partial charge in [0.25, 0.3) is 0 Å². The van der Waals surface area contributed by atoms with Gasteiger partial charge in [-0.25, -0.2) is 4.39 Å². The van der Waals surface area contributed by atoms with Gasteiger partial charge in [-0.1, -0.05) is 30.3 Å². The van der Waals surface area contributed by atoms with Crippen LogP contribution in [0.25, 0.3) is 10.8 Å². The van der Waals surface area contributed by atoms with E-state index in [2.05, 4.69) is 23.5 Å². The Morgan fingerprint density at radius 1 is 1.00 bits per heavy atom.